The van der Waals surface area contributed by atoms with E-state index in [0.29, 0.717) is 11.4 Å². The van der Waals surface area contributed by atoms with E-state index < -0.39 is 11.9 Å². The minimum absolute atomic E-state index is 0.284. The molecule has 0 bridgehead atoms. The van der Waals surface area contributed by atoms with Crippen LogP contribution in [-0.4, -0.2) is 31.8 Å². The summed E-state index contributed by atoms with van der Waals surface area (Å²) in [5, 5.41) is 2.69. The number of nitrogens with one attached hydrogen (secondary N) is 1. The van der Waals surface area contributed by atoms with Crippen LogP contribution in [0.15, 0.2) is 53.4 Å². The lowest BCUT2D eigenvalue weighted by molar-refractivity contribution is -0.119. The van der Waals surface area contributed by atoms with E-state index in [4.69, 9.17) is 9.47 Å². The number of thioether (sulfide) groups is 1. The van der Waals surface area contributed by atoms with E-state index in [1.54, 1.807) is 42.1 Å². The van der Waals surface area contributed by atoms with Crippen LogP contribution in [0, 0.1) is 0 Å². The number of esters is 1. The van der Waals surface area contributed by atoms with Crippen molar-refractivity contribution in [3.05, 3.63) is 54.1 Å². The normalized spacial score (nSPS) is 10.0. The third-order valence-corrected chi connectivity index (χ3v) is 3.74. The molecule has 0 aliphatic rings. The summed E-state index contributed by atoms with van der Waals surface area (Å²) in [6.07, 6.45) is 1.95. The van der Waals surface area contributed by atoms with E-state index in [0.717, 1.165) is 4.90 Å². The Balaban J connectivity index is 1.92. The molecule has 0 aliphatic carbocycles. The Labute approximate surface area is 139 Å². The highest BCUT2D eigenvalue weighted by Gasteiger charge is 2.14. The first kappa shape index (κ1) is 16.9. The molecule has 23 heavy (non-hydrogen) atoms. The van der Waals surface area contributed by atoms with Gasteiger partial charge in [-0.3, -0.25) is 4.79 Å². The topological polar surface area (TPSA) is 64.6 Å². The van der Waals surface area contributed by atoms with Crippen LogP contribution < -0.4 is 10.1 Å². The fourth-order valence-electron chi connectivity index (χ4n) is 1.92. The molecule has 0 saturated heterocycles. The average molecular weight is 331 g/mol. The van der Waals surface area contributed by atoms with Crippen LogP contribution >= 0.6 is 11.8 Å². The molecular formula is C17H17NO4S. The van der Waals surface area contributed by atoms with Crippen molar-refractivity contribution >= 4 is 29.3 Å². The highest BCUT2D eigenvalue weighted by atomic mass is 32.2. The molecule has 5 nitrogen and oxygen atoms in total. The van der Waals surface area contributed by atoms with Gasteiger partial charge in [0.2, 0.25) is 0 Å². The fraction of sp³-hybridized carbons (Fsp3) is 0.176. The zero-order valence-corrected chi connectivity index (χ0v) is 13.7. The predicted molar refractivity (Wildman–Crippen MR) is 90.1 cm³/mol. The molecule has 0 heterocycles. The quantitative estimate of drug-likeness (QED) is 0.650. The minimum Gasteiger partial charge on any atom is -0.496 e. The summed E-state index contributed by atoms with van der Waals surface area (Å²) in [6, 6.07) is 14.1. The summed E-state index contributed by atoms with van der Waals surface area (Å²) in [4.78, 5) is 24.9. The first-order valence-corrected chi connectivity index (χ1v) is 8.10. The van der Waals surface area contributed by atoms with Gasteiger partial charge >= 0.3 is 5.97 Å². The lowest BCUT2D eigenvalue weighted by atomic mass is 10.2. The van der Waals surface area contributed by atoms with Gasteiger partial charge in [0.25, 0.3) is 5.91 Å². The number of carbonyl (C=O) groups is 2. The number of para-hydroxylation sites is 1. The van der Waals surface area contributed by atoms with Crippen LogP contribution in [-0.2, 0) is 9.53 Å². The summed E-state index contributed by atoms with van der Waals surface area (Å²) in [7, 11) is 1.47. The first-order valence-electron chi connectivity index (χ1n) is 6.88. The smallest absolute Gasteiger partial charge is 0.342 e. The van der Waals surface area contributed by atoms with Crippen molar-refractivity contribution < 1.29 is 19.1 Å². The molecule has 0 aromatic heterocycles. The molecule has 0 atom stereocenters. The molecule has 2 aromatic carbocycles. The fourth-order valence-corrected chi connectivity index (χ4v) is 2.38. The Morgan fingerprint density at radius 3 is 2.65 bits per heavy atom. The highest BCUT2D eigenvalue weighted by molar-refractivity contribution is 7.98. The van der Waals surface area contributed by atoms with Crippen molar-refractivity contribution in [3.8, 4) is 5.75 Å². The zero-order valence-electron chi connectivity index (χ0n) is 12.9. The van der Waals surface area contributed by atoms with Crippen molar-refractivity contribution in [2.75, 3.05) is 25.3 Å². The summed E-state index contributed by atoms with van der Waals surface area (Å²) in [6.45, 7) is -0.361. The van der Waals surface area contributed by atoms with Gasteiger partial charge in [0.15, 0.2) is 6.61 Å². The van der Waals surface area contributed by atoms with Gasteiger partial charge < -0.3 is 14.8 Å². The molecule has 120 valence electrons. The van der Waals surface area contributed by atoms with Gasteiger partial charge in [-0.05, 0) is 36.6 Å². The van der Waals surface area contributed by atoms with Crippen molar-refractivity contribution in [1.29, 1.82) is 0 Å². The summed E-state index contributed by atoms with van der Waals surface area (Å²) in [5.41, 5.74) is 0.947. The molecule has 0 fully saturated rings. The van der Waals surface area contributed by atoms with Gasteiger partial charge in [-0.15, -0.1) is 11.8 Å². The third-order valence-electron chi connectivity index (χ3n) is 3.01. The summed E-state index contributed by atoms with van der Waals surface area (Å²) in [5.74, 6) is -0.590. The number of anilines is 1. The molecule has 0 saturated carbocycles. The number of rotatable bonds is 6. The van der Waals surface area contributed by atoms with E-state index >= 15 is 0 Å². The second kappa shape index (κ2) is 8.24. The Kier molecular flexibility index (Phi) is 6.05. The number of amides is 1. The van der Waals surface area contributed by atoms with E-state index in [1.807, 2.05) is 24.5 Å². The maximum Gasteiger partial charge on any atom is 0.342 e. The van der Waals surface area contributed by atoms with Gasteiger partial charge in [0, 0.05) is 10.6 Å². The molecule has 2 rings (SSSR count). The summed E-state index contributed by atoms with van der Waals surface area (Å²) >= 11 is 1.58. The van der Waals surface area contributed by atoms with Crippen molar-refractivity contribution in [2.24, 2.45) is 0 Å². The Hall–Kier alpha value is -2.47. The second-order valence-electron chi connectivity index (χ2n) is 4.56. The zero-order chi connectivity index (χ0) is 16.7. The van der Waals surface area contributed by atoms with Crippen molar-refractivity contribution in [3.63, 3.8) is 0 Å². The van der Waals surface area contributed by atoms with Gasteiger partial charge in [-0.2, -0.15) is 0 Å². The van der Waals surface area contributed by atoms with Gasteiger partial charge in [-0.25, -0.2) is 4.79 Å². The number of hydrogen-bond acceptors (Lipinski definition) is 5. The van der Waals surface area contributed by atoms with E-state index in [1.165, 1.54) is 7.11 Å². The van der Waals surface area contributed by atoms with Crippen molar-refractivity contribution in [2.45, 2.75) is 4.90 Å². The average Bonchev–Trinajstić information content (AvgIpc) is 2.59. The molecule has 2 aromatic rings. The Morgan fingerprint density at radius 2 is 1.91 bits per heavy atom. The first-order chi connectivity index (χ1) is 11.1. The molecule has 0 unspecified atom stereocenters. The predicted octanol–water partition coefficient (Wildman–Crippen LogP) is 3.21. The molecule has 6 heteroatoms. The molecule has 1 N–H and O–H groups in total. The largest absolute Gasteiger partial charge is 0.496 e. The Bertz CT molecular complexity index is 702. The number of ether oxygens (including phenoxy) is 2. The van der Waals surface area contributed by atoms with Crippen LogP contribution in [0.4, 0.5) is 5.69 Å². The van der Waals surface area contributed by atoms with Crippen LogP contribution in [0.1, 0.15) is 10.4 Å². The third kappa shape index (κ3) is 4.75. The SMILES string of the molecule is COc1ccccc1C(=O)OCC(=O)Nc1cccc(SC)c1. The molecular weight excluding hydrogens is 314 g/mol. The Morgan fingerprint density at radius 1 is 1.13 bits per heavy atom. The standard InChI is InChI=1S/C17H17NO4S/c1-21-15-9-4-3-8-14(15)17(20)22-11-16(19)18-12-6-5-7-13(10-12)23-2/h3-10H,11H2,1-2H3,(H,18,19). The van der Waals surface area contributed by atoms with E-state index in [2.05, 4.69) is 5.32 Å². The van der Waals surface area contributed by atoms with Gasteiger partial charge in [-0.1, -0.05) is 18.2 Å². The van der Waals surface area contributed by atoms with Crippen molar-refractivity contribution in [1.82, 2.24) is 0 Å². The van der Waals surface area contributed by atoms with Crippen LogP contribution in [0.25, 0.3) is 0 Å². The molecule has 0 aliphatic heterocycles. The van der Waals surface area contributed by atoms with E-state index in [-0.39, 0.29) is 12.2 Å². The summed E-state index contributed by atoms with van der Waals surface area (Å²) < 4.78 is 10.1. The molecule has 1 amide bonds. The van der Waals surface area contributed by atoms with Crippen LogP contribution in [0.2, 0.25) is 0 Å². The van der Waals surface area contributed by atoms with Gasteiger partial charge in [0.05, 0.1) is 7.11 Å². The van der Waals surface area contributed by atoms with Gasteiger partial charge in [0.1, 0.15) is 11.3 Å². The number of benzene rings is 2. The highest BCUT2D eigenvalue weighted by Crippen LogP contribution is 2.19. The number of carbonyl (C=O) groups excluding carboxylic acids is 2. The lowest BCUT2D eigenvalue weighted by Crippen LogP contribution is -2.21. The second-order valence-corrected chi connectivity index (χ2v) is 5.44. The van der Waals surface area contributed by atoms with E-state index in [9.17, 15) is 9.59 Å². The maximum absolute atomic E-state index is 12.0. The lowest BCUT2D eigenvalue weighted by Gasteiger charge is -2.09. The maximum atomic E-state index is 12.0. The monoisotopic (exact) mass is 331 g/mol. The minimum atomic E-state index is -0.601. The number of hydrogen-bond donors (Lipinski definition) is 1. The van der Waals surface area contributed by atoms with Crippen LogP contribution in [0.3, 0.4) is 0 Å². The number of methoxy groups -OCH3 is 1. The van der Waals surface area contributed by atoms with Crippen LogP contribution in [0.5, 0.6) is 5.75 Å². The molecule has 0 radical (unpaired) electrons. The molecule has 0 spiro atoms.